The molecule has 0 atom stereocenters. The number of hydrogen-bond acceptors (Lipinski definition) is 5. The molecular weight excluding hydrogens is 452 g/mol. The number of nitrogens with zero attached hydrogens (tertiary/aromatic N) is 2. The Morgan fingerprint density at radius 2 is 1.65 bits per heavy atom. The Balaban J connectivity index is 1.26. The van der Waals surface area contributed by atoms with E-state index in [1.807, 2.05) is 24.3 Å². The first kappa shape index (κ1) is 24.0. The first-order chi connectivity index (χ1) is 16.6. The SMILES string of the molecule is O=C(CCc1ncc(-c2ccccc2Cl)o1)Nc1cccc(NC(=O)CN2CCCCCC2)c1. The van der Waals surface area contributed by atoms with Crippen molar-refractivity contribution in [1.82, 2.24) is 9.88 Å². The van der Waals surface area contributed by atoms with E-state index in [0.29, 0.717) is 41.0 Å². The van der Waals surface area contributed by atoms with Gasteiger partial charge in [0.25, 0.3) is 0 Å². The summed E-state index contributed by atoms with van der Waals surface area (Å²) in [6.45, 7) is 2.32. The van der Waals surface area contributed by atoms with Gasteiger partial charge in [-0.25, -0.2) is 4.98 Å². The first-order valence-electron chi connectivity index (χ1n) is 11.7. The highest BCUT2D eigenvalue weighted by Gasteiger charge is 2.14. The number of carbonyl (C=O) groups excluding carboxylic acids is 2. The van der Waals surface area contributed by atoms with Crippen LogP contribution in [0.3, 0.4) is 0 Å². The number of aryl methyl sites for hydroxylation is 1. The number of likely N-dealkylation sites (tertiary alicyclic amines) is 1. The lowest BCUT2D eigenvalue weighted by Crippen LogP contribution is -2.33. The van der Waals surface area contributed by atoms with Crippen LogP contribution in [0.15, 0.2) is 59.1 Å². The number of aromatic nitrogens is 1. The van der Waals surface area contributed by atoms with E-state index in [2.05, 4.69) is 20.5 Å². The van der Waals surface area contributed by atoms with Crippen molar-refractivity contribution >= 4 is 34.8 Å². The van der Waals surface area contributed by atoms with Crippen LogP contribution in [0.2, 0.25) is 5.02 Å². The molecule has 2 N–H and O–H groups in total. The molecule has 0 spiro atoms. The highest BCUT2D eigenvalue weighted by atomic mass is 35.5. The van der Waals surface area contributed by atoms with Crippen molar-refractivity contribution in [3.63, 3.8) is 0 Å². The van der Waals surface area contributed by atoms with Gasteiger partial charge in [-0.2, -0.15) is 0 Å². The Bertz CT molecular complexity index is 1120. The minimum atomic E-state index is -0.162. The normalized spacial score (nSPS) is 14.4. The van der Waals surface area contributed by atoms with Crippen molar-refractivity contribution < 1.29 is 14.0 Å². The number of anilines is 2. The summed E-state index contributed by atoms with van der Waals surface area (Å²) >= 11 is 6.20. The number of nitrogens with one attached hydrogen (secondary N) is 2. The van der Waals surface area contributed by atoms with Crippen LogP contribution < -0.4 is 10.6 Å². The molecule has 2 aromatic carbocycles. The summed E-state index contributed by atoms with van der Waals surface area (Å²) in [6, 6.07) is 14.6. The molecule has 1 aromatic heterocycles. The molecule has 0 radical (unpaired) electrons. The number of amides is 2. The van der Waals surface area contributed by atoms with Gasteiger partial charge in [0.15, 0.2) is 11.7 Å². The highest BCUT2D eigenvalue weighted by Crippen LogP contribution is 2.28. The molecule has 0 saturated carbocycles. The third kappa shape index (κ3) is 6.92. The van der Waals surface area contributed by atoms with E-state index in [1.165, 1.54) is 12.8 Å². The summed E-state index contributed by atoms with van der Waals surface area (Å²) in [5, 5.41) is 6.39. The molecule has 4 rings (SSSR count). The number of rotatable bonds is 8. The lowest BCUT2D eigenvalue weighted by Gasteiger charge is -2.19. The van der Waals surface area contributed by atoms with Gasteiger partial charge in [0, 0.05) is 29.8 Å². The third-order valence-electron chi connectivity index (χ3n) is 5.75. The molecule has 8 heteroatoms. The Hall–Kier alpha value is -3.16. The summed E-state index contributed by atoms with van der Waals surface area (Å²) in [6.07, 6.45) is 6.95. The molecule has 34 heavy (non-hydrogen) atoms. The predicted octanol–water partition coefficient (Wildman–Crippen LogP) is 5.38. The van der Waals surface area contributed by atoms with Gasteiger partial charge in [-0.1, -0.05) is 42.6 Å². The molecule has 7 nitrogen and oxygen atoms in total. The fraction of sp³-hybridized carbons (Fsp3) is 0.346. The largest absolute Gasteiger partial charge is 0.441 e. The molecule has 178 valence electrons. The van der Waals surface area contributed by atoms with Crippen LogP contribution in [-0.2, 0) is 16.0 Å². The van der Waals surface area contributed by atoms with Crippen LogP contribution in [0.4, 0.5) is 11.4 Å². The third-order valence-corrected chi connectivity index (χ3v) is 6.08. The highest BCUT2D eigenvalue weighted by molar-refractivity contribution is 6.33. The molecular formula is C26H29ClN4O3. The predicted molar refractivity (Wildman–Crippen MR) is 134 cm³/mol. The van der Waals surface area contributed by atoms with E-state index in [-0.39, 0.29) is 18.2 Å². The number of carbonyl (C=O) groups is 2. The molecule has 0 unspecified atom stereocenters. The minimum Gasteiger partial charge on any atom is -0.441 e. The van der Waals surface area contributed by atoms with Crippen LogP contribution in [0.25, 0.3) is 11.3 Å². The standard InChI is InChI=1S/C26H29ClN4O3/c27-22-11-4-3-10-21(22)23-17-28-26(34-23)13-12-24(32)29-19-8-7-9-20(16-19)30-25(33)18-31-14-5-1-2-6-15-31/h3-4,7-11,16-17H,1-2,5-6,12-15,18H2,(H,29,32)(H,30,33). The maximum Gasteiger partial charge on any atom is 0.238 e. The summed E-state index contributed by atoms with van der Waals surface area (Å²) in [5.41, 5.74) is 2.05. The van der Waals surface area contributed by atoms with E-state index >= 15 is 0 Å². The average Bonchev–Trinajstić information content (AvgIpc) is 3.14. The van der Waals surface area contributed by atoms with Crippen molar-refractivity contribution in [3.05, 3.63) is 65.6 Å². The summed E-state index contributed by atoms with van der Waals surface area (Å²) < 4.78 is 5.76. The van der Waals surface area contributed by atoms with Gasteiger partial charge in [-0.05, 0) is 56.3 Å². The number of hydrogen-bond donors (Lipinski definition) is 2. The molecule has 0 bridgehead atoms. The van der Waals surface area contributed by atoms with E-state index in [9.17, 15) is 9.59 Å². The fourth-order valence-electron chi connectivity index (χ4n) is 4.03. The summed E-state index contributed by atoms with van der Waals surface area (Å²) in [5.74, 6) is 0.846. The van der Waals surface area contributed by atoms with E-state index < -0.39 is 0 Å². The maximum absolute atomic E-state index is 12.4. The van der Waals surface area contributed by atoms with Crippen LogP contribution in [0.1, 0.15) is 38.0 Å². The van der Waals surface area contributed by atoms with Crippen LogP contribution >= 0.6 is 11.6 Å². The maximum atomic E-state index is 12.4. The number of oxazole rings is 1. The van der Waals surface area contributed by atoms with Crippen molar-refractivity contribution in [3.8, 4) is 11.3 Å². The lowest BCUT2D eigenvalue weighted by molar-refractivity contribution is -0.117. The zero-order valence-corrected chi connectivity index (χ0v) is 19.8. The van der Waals surface area contributed by atoms with Crippen molar-refractivity contribution in [2.75, 3.05) is 30.3 Å². The quantitative estimate of drug-likeness (QED) is 0.452. The lowest BCUT2D eigenvalue weighted by atomic mass is 10.2. The van der Waals surface area contributed by atoms with Crippen LogP contribution in [-0.4, -0.2) is 41.3 Å². The van der Waals surface area contributed by atoms with Gasteiger partial charge in [0.2, 0.25) is 11.8 Å². The fourth-order valence-corrected chi connectivity index (χ4v) is 4.26. The summed E-state index contributed by atoms with van der Waals surface area (Å²) in [4.78, 5) is 31.4. The minimum absolute atomic E-state index is 0.0383. The molecule has 0 aliphatic carbocycles. The number of halogens is 1. The Labute approximate surface area is 204 Å². The monoisotopic (exact) mass is 480 g/mol. The molecule has 2 amide bonds. The van der Waals surface area contributed by atoms with Gasteiger partial charge in [-0.3, -0.25) is 14.5 Å². The zero-order chi connectivity index (χ0) is 23.8. The average molecular weight is 481 g/mol. The van der Waals surface area contributed by atoms with Crippen molar-refractivity contribution in [2.45, 2.75) is 38.5 Å². The first-order valence-corrected chi connectivity index (χ1v) is 12.1. The van der Waals surface area contributed by atoms with Gasteiger partial charge < -0.3 is 15.1 Å². The second-order valence-electron chi connectivity index (χ2n) is 8.47. The zero-order valence-electron chi connectivity index (χ0n) is 19.1. The molecule has 1 aliphatic rings. The molecule has 1 fully saturated rings. The van der Waals surface area contributed by atoms with Crippen molar-refractivity contribution in [1.29, 1.82) is 0 Å². The molecule has 1 aliphatic heterocycles. The van der Waals surface area contributed by atoms with Gasteiger partial charge >= 0.3 is 0 Å². The van der Waals surface area contributed by atoms with E-state index in [0.717, 1.165) is 31.5 Å². The summed E-state index contributed by atoms with van der Waals surface area (Å²) in [7, 11) is 0. The van der Waals surface area contributed by atoms with Gasteiger partial charge in [0.1, 0.15) is 0 Å². The van der Waals surface area contributed by atoms with Crippen molar-refractivity contribution in [2.24, 2.45) is 0 Å². The Kier molecular flexibility index (Phi) is 8.33. The van der Waals surface area contributed by atoms with Crippen LogP contribution in [0, 0.1) is 0 Å². The molecule has 3 aromatic rings. The van der Waals surface area contributed by atoms with Gasteiger partial charge in [-0.15, -0.1) is 0 Å². The topological polar surface area (TPSA) is 87.5 Å². The molecule has 1 saturated heterocycles. The second-order valence-corrected chi connectivity index (χ2v) is 8.87. The second kappa shape index (κ2) is 11.8. The molecule has 2 heterocycles. The smallest absolute Gasteiger partial charge is 0.238 e. The Morgan fingerprint density at radius 3 is 2.38 bits per heavy atom. The van der Waals surface area contributed by atoms with Crippen LogP contribution in [0.5, 0.6) is 0 Å². The van der Waals surface area contributed by atoms with Gasteiger partial charge in [0.05, 0.1) is 17.8 Å². The van der Waals surface area contributed by atoms with E-state index in [4.69, 9.17) is 16.0 Å². The Morgan fingerprint density at radius 1 is 0.941 bits per heavy atom. The van der Waals surface area contributed by atoms with E-state index in [1.54, 1.807) is 30.5 Å². The number of benzene rings is 2.